The van der Waals surface area contributed by atoms with Crippen LogP contribution in [0.25, 0.3) is 0 Å². The normalized spacial score (nSPS) is 11.3. The van der Waals surface area contributed by atoms with E-state index in [2.05, 4.69) is 55.9 Å². The van der Waals surface area contributed by atoms with Gasteiger partial charge in [0.25, 0.3) is 0 Å². The van der Waals surface area contributed by atoms with E-state index in [1.165, 1.54) is 11.3 Å². The minimum absolute atomic E-state index is 0.503. The molecule has 102 valence electrons. The van der Waals surface area contributed by atoms with Crippen LogP contribution in [0.2, 0.25) is 0 Å². The van der Waals surface area contributed by atoms with Gasteiger partial charge in [0.1, 0.15) is 0 Å². The van der Waals surface area contributed by atoms with Gasteiger partial charge in [-0.05, 0) is 44.9 Å². The average molecular weight is 249 g/mol. The van der Waals surface area contributed by atoms with Crippen molar-refractivity contribution in [3.8, 4) is 0 Å². The first-order valence-corrected chi connectivity index (χ1v) is 6.96. The van der Waals surface area contributed by atoms with Crippen molar-refractivity contribution in [2.45, 2.75) is 47.2 Å². The third kappa shape index (κ3) is 4.30. The highest BCUT2D eigenvalue weighted by Crippen LogP contribution is 2.21. The van der Waals surface area contributed by atoms with Crippen molar-refractivity contribution in [1.82, 2.24) is 10.3 Å². The summed E-state index contributed by atoms with van der Waals surface area (Å²) in [5.41, 5.74) is 2.59. The zero-order chi connectivity index (χ0) is 13.5. The van der Waals surface area contributed by atoms with Crippen molar-refractivity contribution in [3.63, 3.8) is 0 Å². The smallest absolute Gasteiger partial charge is 0.0600 e. The Morgan fingerprint density at radius 3 is 2.56 bits per heavy atom. The summed E-state index contributed by atoms with van der Waals surface area (Å²) in [5, 5.41) is 3.50. The van der Waals surface area contributed by atoms with Crippen LogP contribution < -0.4 is 10.2 Å². The molecule has 3 heteroatoms. The maximum absolute atomic E-state index is 4.27. The molecule has 0 unspecified atom stereocenters. The molecular formula is C15H27N3. The molecule has 1 heterocycles. The summed E-state index contributed by atoms with van der Waals surface area (Å²) in [4.78, 5) is 6.66. The van der Waals surface area contributed by atoms with Gasteiger partial charge in [-0.25, -0.2) is 0 Å². The quantitative estimate of drug-likeness (QED) is 0.805. The van der Waals surface area contributed by atoms with Crippen LogP contribution in [0.15, 0.2) is 18.5 Å². The van der Waals surface area contributed by atoms with Crippen molar-refractivity contribution in [1.29, 1.82) is 0 Å². The van der Waals surface area contributed by atoms with Gasteiger partial charge < -0.3 is 10.2 Å². The van der Waals surface area contributed by atoms with E-state index in [4.69, 9.17) is 0 Å². The number of hydrogen-bond donors (Lipinski definition) is 1. The summed E-state index contributed by atoms with van der Waals surface area (Å²) < 4.78 is 0. The van der Waals surface area contributed by atoms with E-state index in [0.717, 1.165) is 19.6 Å². The van der Waals surface area contributed by atoms with Crippen LogP contribution in [0.5, 0.6) is 0 Å². The molecule has 3 nitrogen and oxygen atoms in total. The summed E-state index contributed by atoms with van der Waals surface area (Å²) in [6, 6.07) is 2.62. The van der Waals surface area contributed by atoms with Crippen molar-refractivity contribution in [2.24, 2.45) is 5.92 Å². The highest BCUT2D eigenvalue weighted by atomic mass is 15.2. The van der Waals surface area contributed by atoms with Gasteiger partial charge in [0, 0.05) is 25.3 Å². The molecule has 0 aliphatic carbocycles. The lowest BCUT2D eigenvalue weighted by Gasteiger charge is -2.29. The molecule has 0 atom stereocenters. The lowest BCUT2D eigenvalue weighted by atomic mass is 10.1. The number of pyridine rings is 1. The molecule has 0 aromatic carbocycles. The summed E-state index contributed by atoms with van der Waals surface area (Å²) in [6.07, 6.45) is 3.86. The number of aromatic nitrogens is 1. The monoisotopic (exact) mass is 249 g/mol. The number of anilines is 1. The first-order chi connectivity index (χ1) is 8.56. The standard InChI is InChI=1S/C15H27N3/c1-6-18(13(4)5)15-11-16-8-7-14(15)10-17-9-12(2)3/h7-8,11-13,17H,6,9-10H2,1-5H3. The summed E-state index contributed by atoms with van der Waals surface area (Å²) >= 11 is 0. The molecule has 1 N–H and O–H groups in total. The molecule has 0 saturated carbocycles. The average Bonchev–Trinajstić information content (AvgIpc) is 2.31. The molecule has 1 aromatic heterocycles. The Kier molecular flexibility index (Phi) is 6.13. The molecular weight excluding hydrogens is 222 g/mol. The van der Waals surface area contributed by atoms with E-state index in [1.54, 1.807) is 0 Å². The van der Waals surface area contributed by atoms with Gasteiger partial charge in [-0.1, -0.05) is 13.8 Å². The van der Waals surface area contributed by atoms with E-state index >= 15 is 0 Å². The molecule has 1 rings (SSSR count). The molecule has 0 radical (unpaired) electrons. The highest BCUT2D eigenvalue weighted by molar-refractivity contribution is 5.52. The van der Waals surface area contributed by atoms with Crippen LogP contribution in [-0.4, -0.2) is 24.1 Å². The largest absolute Gasteiger partial charge is 0.368 e. The molecule has 18 heavy (non-hydrogen) atoms. The van der Waals surface area contributed by atoms with Gasteiger partial charge in [-0.2, -0.15) is 0 Å². The maximum Gasteiger partial charge on any atom is 0.0600 e. The van der Waals surface area contributed by atoms with Crippen LogP contribution in [0, 0.1) is 5.92 Å². The fraction of sp³-hybridized carbons (Fsp3) is 0.667. The van der Waals surface area contributed by atoms with Crippen molar-refractivity contribution < 1.29 is 0 Å². The Bertz CT molecular complexity index is 347. The van der Waals surface area contributed by atoms with E-state index in [-0.39, 0.29) is 0 Å². The fourth-order valence-electron chi connectivity index (χ4n) is 2.13. The number of rotatable bonds is 7. The van der Waals surface area contributed by atoms with E-state index < -0.39 is 0 Å². The minimum Gasteiger partial charge on any atom is -0.368 e. The van der Waals surface area contributed by atoms with Gasteiger partial charge in [-0.15, -0.1) is 0 Å². The second-order valence-corrected chi connectivity index (χ2v) is 5.41. The van der Waals surface area contributed by atoms with Crippen LogP contribution in [0.3, 0.4) is 0 Å². The van der Waals surface area contributed by atoms with Crippen molar-refractivity contribution in [2.75, 3.05) is 18.0 Å². The fourth-order valence-corrected chi connectivity index (χ4v) is 2.13. The number of nitrogens with zero attached hydrogens (tertiary/aromatic N) is 2. The van der Waals surface area contributed by atoms with E-state index in [1.807, 2.05) is 12.4 Å². The lowest BCUT2D eigenvalue weighted by molar-refractivity contribution is 0.551. The Morgan fingerprint density at radius 2 is 2.00 bits per heavy atom. The topological polar surface area (TPSA) is 28.2 Å². The van der Waals surface area contributed by atoms with Crippen LogP contribution >= 0.6 is 0 Å². The van der Waals surface area contributed by atoms with Crippen LogP contribution in [-0.2, 0) is 6.54 Å². The predicted molar refractivity (Wildman–Crippen MR) is 78.9 cm³/mol. The maximum atomic E-state index is 4.27. The Morgan fingerprint density at radius 1 is 1.28 bits per heavy atom. The van der Waals surface area contributed by atoms with E-state index in [9.17, 15) is 0 Å². The number of nitrogens with one attached hydrogen (secondary N) is 1. The van der Waals surface area contributed by atoms with Gasteiger partial charge in [0.2, 0.25) is 0 Å². The first kappa shape index (κ1) is 15.0. The summed E-state index contributed by atoms with van der Waals surface area (Å²) in [5.74, 6) is 0.683. The number of hydrogen-bond acceptors (Lipinski definition) is 3. The van der Waals surface area contributed by atoms with Crippen LogP contribution in [0.1, 0.15) is 40.2 Å². The zero-order valence-electron chi connectivity index (χ0n) is 12.4. The predicted octanol–water partition coefficient (Wildman–Crippen LogP) is 3.06. The van der Waals surface area contributed by atoms with Crippen LogP contribution in [0.4, 0.5) is 5.69 Å². The molecule has 0 fully saturated rings. The molecule has 0 aliphatic rings. The second kappa shape index (κ2) is 7.37. The summed E-state index contributed by atoms with van der Waals surface area (Å²) in [6.45, 7) is 14.1. The van der Waals surface area contributed by atoms with Crippen molar-refractivity contribution in [3.05, 3.63) is 24.0 Å². The molecule has 0 aliphatic heterocycles. The van der Waals surface area contributed by atoms with Gasteiger partial charge in [0.05, 0.1) is 11.9 Å². The highest BCUT2D eigenvalue weighted by Gasteiger charge is 2.12. The third-order valence-corrected chi connectivity index (χ3v) is 3.03. The molecule has 0 saturated heterocycles. The molecule has 0 bridgehead atoms. The van der Waals surface area contributed by atoms with E-state index in [0.29, 0.717) is 12.0 Å². The summed E-state index contributed by atoms with van der Waals surface area (Å²) in [7, 11) is 0. The second-order valence-electron chi connectivity index (χ2n) is 5.41. The zero-order valence-corrected chi connectivity index (χ0v) is 12.4. The van der Waals surface area contributed by atoms with Gasteiger partial charge in [-0.3, -0.25) is 4.98 Å². The Hall–Kier alpha value is -1.09. The van der Waals surface area contributed by atoms with Gasteiger partial charge >= 0.3 is 0 Å². The molecule has 0 spiro atoms. The first-order valence-electron chi connectivity index (χ1n) is 6.96. The minimum atomic E-state index is 0.503. The molecule has 0 amide bonds. The lowest BCUT2D eigenvalue weighted by Crippen LogP contribution is -2.32. The SMILES string of the molecule is CCN(c1cnccc1CNCC(C)C)C(C)C. The third-order valence-electron chi connectivity index (χ3n) is 3.03. The Balaban J connectivity index is 2.78. The Labute approximate surface area is 112 Å². The van der Waals surface area contributed by atoms with Crippen molar-refractivity contribution >= 4 is 5.69 Å². The molecule has 1 aromatic rings. The van der Waals surface area contributed by atoms with Gasteiger partial charge in [0.15, 0.2) is 0 Å².